The minimum atomic E-state index is -0.737. The zero-order valence-electron chi connectivity index (χ0n) is 7.59. The van der Waals surface area contributed by atoms with Crippen LogP contribution in [0, 0.1) is 5.82 Å². The molecule has 0 aliphatic heterocycles. The average Bonchev–Trinajstić information content (AvgIpc) is 2.09. The SMILES string of the molecule is CC(N)Cc1c(O)c(O)cc(Cl)c1F. The third-order valence-electron chi connectivity index (χ3n) is 1.79. The number of hydrogen-bond acceptors (Lipinski definition) is 3. The summed E-state index contributed by atoms with van der Waals surface area (Å²) < 4.78 is 13.3. The van der Waals surface area contributed by atoms with Crippen molar-refractivity contribution in [1.29, 1.82) is 0 Å². The van der Waals surface area contributed by atoms with Gasteiger partial charge in [-0.3, -0.25) is 0 Å². The number of phenolic OH excluding ortho intramolecular Hbond substituents is 2. The molecule has 0 amide bonds. The van der Waals surface area contributed by atoms with Gasteiger partial charge in [0.25, 0.3) is 0 Å². The summed E-state index contributed by atoms with van der Waals surface area (Å²) in [6, 6.07) is 0.630. The van der Waals surface area contributed by atoms with Crippen LogP contribution >= 0.6 is 11.6 Å². The second-order valence-corrected chi connectivity index (χ2v) is 3.61. The Balaban J connectivity index is 3.25. The third-order valence-corrected chi connectivity index (χ3v) is 2.07. The molecule has 5 heteroatoms. The molecule has 0 aliphatic rings. The topological polar surface area (TPSA) is 66.5 Å². The van der Waals surface area contributed by atoms with Gasteiger partial charge in [-0.15, -0.1) is 0 Å². The van der Waals surface area contributed by atoms with Crippen LogP contribution < -0.4 is 5.73 Å². The van der Waals surface area contributed by atoms with Gasteiger partial charge in [0.1, 0.15) is 5.82 Å². The van der Waals surface area contributed by atoms with Gasteiger partial charge in [-0.2, -0.15) is 0 Å². The molecule has 1 atom stereocenters. The van der Waals surface area contributed by atoms with Crippen molar-refractivity contribution < 1.29 is 14.6 Å². The van der Waals surface area contributed by atoms with Crippen LogP contribution in [0.2, 0.25) is 5.02 Å². The van der Waals surface area contributed by atoms with Gasteiger partial charge in [0.05, 0.1) is 5.02 Å². The molecule has 0 saturated carbocycles. The smallest absolute Gasteiger partial charge is 0.163 e. The van der Waals surface area contributed by atoms with Gasteiger partial charge in [-0.05, 0) is 13.3 Å². The highest BCUT2D eigenvalue weighted by Gasteiger charge is 2.17. The van der Waals surface area contributed by atoms with Gasteiger partial charge >= 0.3 is 0 Å². The monoisotopic (exact) mass is 219 g/mol. The van der Waals surface area contributed by atoms with Crippen molar-refractivity contribution in [3.63, 3.8) is 0 Å². The lowest BCUT2D eigenvalue weighted by Crippen LogP contribution is -2.18. The van der Waals surface area contributed by atoms with Crippen LogP contribution in [-0.2, 0) is 6.42 Å². The predicted molar refractivity (Wildman–Crippen MR) is 52.1 cm³/mol. The molecule has 14 heavy (non-hydrogen) atoms. The molecular weight excluding hydrogens is 209 g/mol. The van der Waals surface area contributed by atoms with Gasteiger partial charge in [0, 0.05) is 17.7 Å². The summed E-state index contributed by atoms with van der Waals surface area (Å²) in [5.41, 5.74) is 5.41. The molecule has 0 fully saturated rings. The lowest BCUT2D eigenvalue weighted by atomic mass is 10.1. The maximum atomic E-state index is 13.3. The lowest BCUT2D eigenvalue weighted by molar-refractivity contribution is 0.392. The number of aromatic hydroxyl groups is 2. The molecule has 0 radical (unpaired) electrons. The Morgan fingerprint density at radius 2 is 2.14 bits per heavy atom. The summed E-state index contributed by atoms with van der Waals surface area (Å²) in [5, 5.41) is 18.3. The Hall–Kier alpha value is -1.00. The Morgan fingerprint density at radius 1 is 1.57 bits per heavy atom. The summed E-state index contributed by atoms with van der Waals surface area (Å²) in [5.74, 6) is -1.67. The molecule has 1 unspecified atom stereocenters. The van der Waals surface area contributed by atoms with Crippen molar-refractivity contribution in [2.45, 2.75) is 19.4 Å². The summed E-state index contributed by atoms with van der Waals surface area (Å²) in [4.78, 5) is 0. The zero-order valence-corrected chi connectivity index (χ0v) is 8.35. The van der Waals surface area contributed by atoms with Crippen LogP contribution in [0.4, 0.5) is 4.39 Å². The first kappa shape index (κ1) is 11.1. The number of phenols is 2. The van der Waals surface area contributed by atoms with Crippen molar-refractivity contribution in [3.8, 4) is 11.5 Å². The zero-order chi connectivity index (χ0) is 10.9. The number of benzene rings is 1. The van der Waals surface area contributed by atoms with E-state index in [0.29, 0.717) is 0 Å². The molecule has 0 saturated heterocycles. The first-order valence-electron chi connectivity index (χ1n) is 4.08. The van der Waals surface area contributed by atoms with E-state index >= 15 is 0 Å². The molecule has 0 heterocycles. The van der Waals surface area contributed by atoms with Gasteiger partial charge in [0.15, 0.2) is 11.5 Å². The highest BCUT2D eigenvalue weighted by Crippen LogP contribution is 2.35. The average molecular weight is 220 g/mol. The number of halogens is 2. The van der Waals surface area contributed by atoms with Crippen LogP contribution in [-0.4, -0.2) is 16.3 Å². The van der Waals surface area contributed by atoms with Crippen molar-refractivity contribution in [1.82, 2.24) is 0 Å². The molecule has 78 valence electrons. The largest absolute Gasteiger partial charge is 0.504 e. The lowest BCUT2D eigenvalue weighted by Gasteiger charge is -2.10. The Kier molecular flexibility index (Phi) is 3.18. The summed E-state index contributed by atoms with van der Waals surface area (Å²) in [7, 11) is 0. The molecule has 1 rings (SSSR count). The molecule has 1 aromatic rings. The molecule has 0 aromatic heterocycles. The summed E-state index contributed by atoms with van der Waals surface area (Å²) in [6.07, 6.45) is 0.117. The highest BCUT2D eigenvalue weighted by atomic mass is 35.5. The van der Waals surface area contributed by atoms with Gasteiger partial charge in [0.2, 0.25) is 0 Å². The van der Waals surface area contributed by atoms with Crippen LogP contribution in [0.5, 0.6) is 11.5 Å². The second kappa shape index (κ2) is 4.02. The molecular formula is C9H11ClFNO2. The molecule has 0 aliphatic carbocycles. The molecule has 3 nitrogen and oxygen atoms in total. The number of rotatable bonds is 2. The number of hydrogen-bond donors (Lipinski definition) is 3. The fourth-order valence-electron chi connectivity index (χ4n) is 1.16. The molecule has 0 bridgehead atoms. The van der Waals surface area contributed by atoms with Crippen LogP contribution in [0.15, 0.2) is 6.07 Å². The van der Waals surface area contributed by atoms with E-state index in [1.165, 1.54) is 0 Å². The summed E-state index contributed by atoms with van der Waals surface area (Å²) >= 11 is 5.49. The first-order valence-corrected chi connectivity index (χ1v) is 4.45. The van der Waals surface area contributed by atoms with E-state index in [-0.39, 0.29) is 23.0 Å². The standard InChI is InChI=1S/C9H11ClFNO2/c1-4(12)2-5-8(11)6(10)3-7(13)9(5)14/h3-4,13-14H,2,12H2,1H3. The van der Waals surface area contributed by atoms with Crippen molar-refractivity contribution in [2.75, 3.05) is 0 Å². The normalized spacial score (nSPS) is 12.9. The van der Waals surface area contributed by atoms with Crippen molar-refractivity contribution in [3.05, 3.63) is 22.5 Å². The minimum absolute atomic E-state index is 0.0509. The number of nitrogens with two attached hydrogens (primary N) is 1. The third kappa shape index (κ3) is 2.08. The molecule has 4 N–H and O–H groups in total. The van der Waals surface area contributed by atoms with Crippen LogP contribution in [0.25, 0.3) is 0 Å². The fourth-order valence-corrected chi connectivity index (χ4v) is 1.38. The van der Waals surface area contributed by atoms with E-state index in [2.05, 4.69) is 0 Å². The van der Waals surface area contributed by atoms with E-state index < -0.39 is 17.3 Å². The minimum Gasteiger partial charge on any atom is -0.504 e. The van der Waals surface area contributed by atoms with E-state index in [9.17, 15) is 14.6 Å². The fraction of sp³-hybridized carbons (Fsp3) is 0.333. The quantitative estimate of drug-likeness (QED) is 0.665. The summed E-state index contributed by atoms with van der Waals surface area (Å²) in [6.45, 7) is 1.66. The van der Waals surface area contributed by atoms with E-state index in [0.717, 1.165) is 6.07 Å². The van der Waals surface area contributed by atoms with E-state index in [1.807, 2.05) is 0 Å². The second-order valence-electron chi connectivity index (χ2n) is 3.20. The maximum Gasteiger partial charge on any atom is 0.163 e. The van der Waals surface area contributed by atoms with Crippen LogP contribution in [0.1, 0.15) is 12.5 Å². The Bertz CT molecular complexity index is 329. The molecule has 1 aromatic carbocycles. The highest BCUT2D eigenvalue weighted by molar-refractivity contribution is 6.31. The Labute approximate surface area is 85.9 Å². The Morgan fingerprint density at radius 3 is 2.64 bits per heavy atom. The van der Waals surface area contributed by atoms with E-state index in [1.54, 1.807) is 6.92 Å². The predicted octanol–water partition coefficient (Wildman–Crippen LogP) is 1.78. The van der Waals surface area contributed by atoms with E-state index in [4.69, 9.17) is 17.3 Å². The van der Waals surface area contributed by atoms with Gasteiger partial charge in [-0.25, -0.2) is 4.39 Å². The molecule has 0 spiro atoms. The van der Waals surface area contributed by atoms with Crippen molar-refractivity contribution >= 4 is 11.6 Å². The van der Waals surface area contributed by atoms with Gasteiger partial charge in [-0.1, -0.05) is 11.6 Å². The first-order chi connectivity index (χ1) is 6.43. The van der Waals surface area contributed by atoms with Gasteiger partial charge < -0.3 is 15.9 Å². The maximum absolute atomic E-state index is 13.3. The van der Waals surface area contributed by atoms with Crippen LogP contribution in [0.3, 0.4) is 0 Å². The van der Waals surface area contributed by atoms with Crippen molar-refractivity contribution in [2.24, 2.45) is 5.73 Å².